The fourth-order valence-electron chi connectivity index (χ4n) is 3.62. The molecule has 126 valence electrons. The maximum atomic E-state index is 12.2. The Morgan fingerprint density at radius 1 is 1.39 bits per heavy atom. The Bertz CT molecular complexity index is 586. The molecule has 2 aliphatic rings. The highest BCUT2D eigenvalue weighted by Gasteiger charge is 2.54. The minimum absolute atomic E-state index is 0.00567. The molecule has 1 aromatic heterocycles. The average molecular weight is 320 g/mol. The molecular formula is C16H24N4O3. The van der Waals surface area contributed by atoms with Crippen molar-refractivity contribution in [2.75, 3.05) is 6.61 Å². The predicted molar refractivity (Wildman–Crippen MR) is 83.6 cm³/mol. The van der Waals surface area contributed by atoms with Gasteiger partial charge >= 0.3 is 0 Å². The van der Waals surface area contributed by atoms with E-state index in [1.54, 1.807) is 6.20 Å². The number of rotatable bonds is 6. The molecule has 2 heterocycles. The quantitative estimate of drug-likeness (QED) is 0.793. The molecule has 0 spiro atoms. The van der Waals surface area contributed by atoms with Gasteiger partial charge in [-0.05, 0) is 19.8 Å². The standard InChI is InChI=1S/C16H24N4O3/c1-10-17-6-8-20(10)7-3-4-13(22)19-14-12-5-9-23-16(12)15(14)18-11(2)21/h6,8,12,14-16H,3-5,7,9H2,1-2H3,(H,18,21)(H,19,22)/t12-,14+,15-,16-/m1/s1. The molecule has 1 aromatic rings. The molecule has 7 nitrogen and oxygen atoms in total. The van der Waals surface area contributed by atoms with Crippen molar-refractivity contribution in [1.29, 1.82) is 0 Å². The van der Waals surface area contributed by atoms with E-state index in [1.807, 2.05) is 17.7 Å². The van der Waals surface area contributed by atoms with E-state index in [9.17, 15) is 9.59 Å². The third kappa shape index (κ3) is 3.39. The summed E-state index contributed by atoms with van der Waals surface area (Å²) in [7, 11) is 0. The van der Waals surface area contributed by atoms with Crippen LogP contribution in [0.25, 0.3) is 0 Å². The van der Waals surface area contributed by atoms with Gasteiger partial charge < -0.3 is 19.9 Å². The van der Waals surface area contributed by atoms with Gasteiger partial charge in [-0.1, -0.05) is 0 Å². The average Bonchev–Trinajstić information content (AvgIpc) is 3.10. The summed E-state index contributed by atoms with van der Waals surface area (Å²) in [6.45, 7) is 4.94. The van der Waals surface area contributed by atoms with Gasteiger partial charge in [0.15, 0.2) is 0 Å². The molecular weight excluding hydrogens is 296 g/mol. The maximum absolute atomic E-state index is 12.2. The fraction of sp³-hybridized carbons (Fsp3) is 0.688. The molecule has 1 aliphatic heterocycles. The highest BCUT2D eigenvalue weighted by molar-refractivity contribution is 5.77. The van der Waals surface area contributed by atoms with Crippen molar-refractivity contribution in [3.8, 4) is 0 Å². The summed E-state index contributed by atoms with van der Waals surface area (Å²) in [4.78, 5) is 27.7. The van der Waals surface area contributed by atoms with Crippen molar-refractivity contribution in [3.63, 3.8) is 0 Å². The van der Waals surface area contributed by atoms with Crippen LogP contribution in [-0.2, 0) is 20.9 Å². The number of nitrogens with zero attached hydrogens (tertiary/aromatic N) is 2. The van der Waals surface area contributed by atoms with E-state index in [0.29, 0.717) is 18.9 Å². The number of aryl methyl sites for hydroxylation is 2. The number of amides is 2. The molecule has 1 saturated heterocycles. The molecule has 0 bridgehead atoms. The van der Waals surface area contributed by atoms with Crippen LogP contribution in [0.2, 0.25) is 0 Å². The first kappa shape index (κ1) is 16.0. The Labute approximate surface area is 135 Å². The summed E-state index contributed by atoms with van der Waals surface area (Å²) < 4.78 is 7.68. The van der Waals surface area contributed by atoms with Crippen LogP contribution in [-0.4, -0.2) is 46.2 Å². The van der Waals surface area contributed by atoms with Crippen LogP contribution < -0.4 is 10.6 Å². The van der Waals surface area contributed by atoms with Crippen LogP contribution in [0.1, 0.15) is 32.0 Å². The van der Waals surface area contributed by atoms with Crippen LogP contribution in [0.15, 0.2) is 12.4 Å². The third-order valence-electron chi connectivity index (χ3n) is 4.81. The van der Waals surface area contributed by atoms with Gasteiger partial charge in [0.25, 0.3) is 0 Å². The molecule has 4 atom stereocenters. The molecule has 0 aromatic carbocycles. The van der Waals surface area contributed by atoms with Crippen molar-refractivity contribution in [1.82, 2.24) is 20.2 Å². The number of hydrogen-bond donors (Lipinski definition) is 2. The Balaban J connectivity index is 1.46. The molecule has 2 amide bonds. The van der Waals surface area contributed by atoms with E-state index in [0.717, 1.165) is 25.2 Å². The first-order chi connectivity index (χ1) is 11.1. The molecule has 0 unspecified atom stereocenters. The number of ether oxygens (including phenoxy) is 1. The van der Waals surface area contributed by atoms with Gasteiger partial charge in [-0.15, -0.1) is 0 Å². The monoisotopic (exact) mass is 320 g/mol. The SMILES string of the molecule is CC(=O)N[C@@H]1[C@@H](NC(=O)CCCn2ccnc2C)[C@H]2CCO[C@H]21. The Morgan fingerprint density at radius 2 is 2.22 bits per heavy atom. The van der Waals surface area contributed by atoms with E-state index in [1.165, 1.54) is 6.92 Å². The number of aromatic nitrogens is 2. The summed E-state index contributed by atoms with van der Waals surface area (Å²) in [6.07, 6.45) is 5.93. The van der Waals surface area contributed by atoms with Crippen molar-refractivity contribution in [2.24, 2.45) is 5.92 Å². The first-order valence-corrected chi connectivity index (χ1v) is 8.22. The molecule has 23 heavy (non-hydrogen) atoms. The molecule has 1 saturated carbocycles. The van der Waals surface area contributed by atoms with Gasteiger partial charge in [-0.3, -0.25) is 9.59 Å². The number of imidazole rings is 1. The van der Waals surface area contributed by atoms with Crippen LogP contribution in [0, 0.1) is 12.8 Å². The summed E-state index contributed by atoms with van der Waals surface area (Å²) in [5.41, 5.74) is 0. The normalized spacial score (nSPS) is 28.8. The van der Waals surface area contributed by atoms with E-state index < -0.39 is 0 Å². The summed E-state index contributed by atoms with van der Waals surface area (Å²) in [6, 6.07) is -0.103. The minimum Gasteiger partial charge on any atom is -0.376 e. The number of carbonyl (C=O) groups excluding carboxylic acids is 2. The maximum Gasteiger partial charge on any atom is 0.220 e. The van der Waals surface area contributed by atoms with Gasteiger partial charge in [-0.2, -0.15) is 0 Å². The lowest BCUT2D eigenvalue weighted by molar-refractivity contribution is -0.130. The third-order valence-corrected chi connectivity index (χ3v) is 4.81. The van der Waals surface area contributed by atoms with E-state index >= 15 is 0 Å². The van der Waals surface area contributed by atoms with Crippen molar-refractivity contribution < 1.29 is 14.3 Å². The molecule has 3 rings (SSSR count). The lowest BCUT2D eigenvalue weighted by atomic mass is 9.71. The van der Waals surface area contributed by atoms with Gasteiger partial charge in [0.05, 0.1) is 18.2 Å². The van der Waals surface area contributed by atoms with Gasteiger partial charge in [-0.25, -0.2) is 4.98 Å². The lowest BCUT2D eigenvalue weighted by Gasteiger charge is -2.47. The topological polar surface area (TPSA) is 85.3 Å². The Hall–Kier alpha value is -1.89. The van der Waals surface area contributed by atoms with E-state index in [2.05, 4.69) is 15.6 Å². The zero-order valence-electron chi connectivity index (χ0n) is 13.6. The zero-order valence-corrected chi connectivity index (χ0v) is 13.6. The summed E-state index contributed by atoms with van der Waals surface area (Å²) in [5, 5.41) is 5.98. The molecule has 7 heteroatoms. The van der Waals surface area contributed by atoms with Gasteiger partial charge in [0.2, 0.25) is 11.8 Å². The van der Waals surface area contributed by atoms with Crippen LogP contribution in [0.4, 0.5) is 0 Å². The molecule has 0 radical (unpaired) electrons. The number of carbonyl (C=O) groups is 2. The second-order valence-corrected chi connectivity index (χ2v) is 6.38. The number of hydrogen-bond acceptors (Lipinski definition) is 4. The van der Waals surface area contributed by atoms with Crippen molar-refractivity contribution >= 4 is 11.8 Å². The highest BCUT2D eigenvalue weighted by atomic mass is 16.5. The van der Waals surface area contributed by atoms with Crippen LogP contribution >= 0.6 is 0 Å². The summed E-state index contributed by atoms with van der Waals surface area (Å²) in [5.74, 6) is 1.24. The van der Waals surface area contributed by atoms with E-state index in [-0.39, 0.29) is 30.0 Å². The second kappa shape index (κ2) is 6.70. The van der Waals surface area contributed by atoms with Gasteiger partial charge in [0.1, 0.15) is 5.82 Å². The predicted octanol–water partition coefficient (Wildman–Crippen LogP) is 0.380. The molecule has 1 aliphatic carbocycles. The largest absolute Gasteiger partial charge is 0.376 e. The highest BCUT2D eigenvalue weighted by Crippen LogP contribution is 2.39. The molecule has 2 N–H and O–H groups in total. The van der Waals surface area contributed by atoms with E-state index in [4.69, 9.17) is 4.74 Å². The smallest absolute Gasteiger partial charge is 0.220 e. The van der Waals surface area contributed by atoms with Gasteiger partial charge in [0, 0.05) is 44.8 Å². The second-order valence-electron chi connectivity index (χ2n) is 6.38. The fourth-order valence-corrected chi connectivity index (χ4v) is 3.62. The Kier molecular flexibility index (Phi) is 4.66. The Morgan fingerprint density at radius 3 is 2.91 bits per heavy atom. The van der Waals surface area contributed by atoms with Crippen LogP contribution in [0.3, 0.4) is 0 Å². The first-order valence-electron chi connectivity index (χ1n) is 8.22. The lowest BCUT2D eigenvalue weighted by Crippen LogP contribution is -2.70. The van der Waals surface area contributed by atoms with Crippen molar-refractivity contribution in [2.45, 2.75) is 57.8 Å². The number of nitrogens with one attached hydrogen (secondary N) is 2. The zero-order chi connectivity index (χ0) is 16.4. The van der Waals surface area contributed by atoms with Crippen molar-refractivity contribution in [3.05, 3.63) is 18.2 Å². The number of fused-ring (bicyclic) bond motifs is 1. The minimum atomic E-state index is -0.0974. The molecule has 2 fully saturated rings. The van der Waals surface area contributed by atoms with Crippen LogP contribution in [0.5, 0.6) is 0 Å². The summed E-state index contributed by atoms with van der Waals surface area (Å²) >= 11 is 0.